The van der Waals surface area contributed by atoms with Gasteiger partial charge in [0.15, 0.2) is 5.75 Å². The van der Waals surface area contributed by atoms with Crippen molar-refractivity contribution in [3.63, 3.8) is 0 Å². The van der Waals surface area contributed by atoms with Crippen molar-refractivity contribution in [3.05, 3.63) is 53.6 Å². The first-order valence-electron chi connectivity index (χ1n) is 6.12. The summed E-state index contributed by atoms with van der Waals surface area (Å²) in [6.45, 7) is 2.50. The summed E-state index contributed by atoms with van der Waals surface area (Å²) in [6.07, 6.45) is 0. The minimum atomic E-state index is 0.279. The van der Waals surface area contributed by atoms with Crippen LogP contribution in [0.3, 0.4) is 0 Å². The molecular weight excluding hydrogens is 252 g/mol. The molecule has 2 rings (SSSR count). The number of rotatable bonds is 4. The van der Waals surface area contributed by atoms with E-state index in [4.69, 9.17) is 20.0 Å². The lowest BCUT2D eigenvalue weighted by Gasteiger charge is -2.09. The summed E-state index contributed by atoms with van der Waals surface area (Å²) in [7, 11) is 0. The molecule has 0 aliphatic rings. The van der Waals surface area contributed by atoms with Crippen LogP contribution in [-0.4, -0.2) is 6.61 Å². The number of ether oxygens (including phenoxy) is 2. The zero-order chi connectivity index (χ0) is 14.4. The van der Waals surface area contributed by atoms with Crippen molar-refractivity contribution in [2.75, 3.05) is 6.61 Å². The number of nitrogens with zero attached hydrogens (tertiary/aromatic N) is 2. The van der Waals surface area contributed by atoms with Gasteiger partial charge in [-0.05, 0) is 43.3 Å². The van der Waals surface area contributed by atoms with Gasteiger partial charge in [-0.3, -0.25) is 0 Å². The molecule has 2 aromatic rings. The molecule has 4 nitrogen and oxygen atoms in total. The Hall–Kier alpha value is -2.98. The Bertz CT molecular complexity index is 647. The van der Waals surface area contributed by atoms with Gasteiger partial charge >= 0.3 is 0 Å². The molecule has 0 aromatic heterocycles. The van der Waals surface area contributed by atoms with Gasteiger partial charge in [0.05, 0.1) is 17.7 Å². The van der Waals surface area contributed by atoms with Crippen molar-refractivity contribution in [2.45, 2.75) is 6.92 Å². The van der Waals surface area contributed by atoms with E-state index in [1.807, 2.05) is 19.1 Å². The van der Waals surface area contributed by atoms with Gasteiger partial charge in [0.25, 0.3) is 0 Å². The molecule has 0 bridgehead atoms. The zero-order valence-electron chi connectivity index (χ0n) is 11.0. The van der Waals surface area contributed by atoms with E-state index in [0.717, 1.165) is 5.75 Å². The number of para-hydroxylation sites is 1. The van der Waals surface area contributed by atoms with Crippen LogP contribution < -0.4 is 9.47 Å². The van der Waals surface area contributed by atoms with Crippen molar-refractivity contribution >= 4 is 0 Å². The molecule has 0 spiro atoms. The number of benzene rings is 2. The first-order valence-corrected chi connectivity index (χ1v) is 6.12. The zero-order valence-corrected chi connectivity index (χ0v) is 11.0. The van der Waals surface area contributed by atoms with Crippen LogP contribution in [0.4, 0.5) is 0 Å². The second-order valence-electron chi connectivity index (χ2n) is 3.91. The normalized spacial score (nSPS) is 9.35. The van der Waals surface area contributed by atoms with Crippen LogP contribution in [0.15, 0.2) is 42.5 Å². The molecule has 98 valence electrons. The number of hydrogen-bond donors (Lipinski definition) is 0. The Kier molecular flexibility index (Phi) is 4.21. The molecule has 0 aliphatic carbocycles. The summed E-state index contributed by atoms with van der Waals surface area (Å²) in [5, 5.41) is 18.1. The summed E-state index contributed by atoms with van der Waals surface area (Å²) >= 11 is 0. The van der Waals surface area contributed by atoms with Crippen LogP contribution in [0.1, 0.15) is 18.1 Å². The molecule has 0 heterocycles. The summed E-state index contributed by atoms with van der Waals surface area (Å²) in [4.78, 5) is 0. The van der Waals surface area contributed by atoms with Crippen molar-refractivity contribution in [1.82, 2.24) is 0 Å². The van der Waals surface area contributed by atoms with Gasteiger partial charge in [-0.25, -0.2) is 0 Å². The molecule has 2 aromatic carbocycles. The highest BCUT2D eigenvalue weighted by Crippen LogP contribution is 2.29. The lowest BCUT2D eigenvalue weighted by atomic mass is 10.1. The number of nitriles is 2. The minimum Gasteiger partial charge on any atom is -0.494 e. The maximum Gasteiger partial charge on any atom is 0.162 e. The molecule has 0 unspecified atom stereocenters. The summed E-state index contributed by atoms with van der Waals surface area (Å²) in [6, 6.07) is 16.0. The molecule has 0 atom stereocenters. The van der Waals surface area contributed by atoms with Gasteiger partial charge in [0.1, 0.15) is 23.6 Å². The van der Waals surface area contributed by atoms with Gasteiger partial charge < -0.3 is 9.47 Å². The van der Waals surface area contributed by atoms with Crippen LogP contribution in [0.25, 0.3) is 0 Å². The fraction of sp³-hybridized carbons (Fsp3) is 0.125. The van der Waals surface area contributed by atoms with Gasteiger partial charge in [-0.1, -0.05) is 6.07 Å². The molecule has 0 aliphatic heterocycles. The van der Waals surface area contributed by atoms with E-state index in [1.54, 1.807) is 42.5 Å². The minimum absolute atomic E-state index is 0.279. The fourth-order valence-electron chi connectivity index (χ4n) is 1.71. The number of hydrogen-bond acceptors (Lipinski definition) is 4. The van der Waals surface area contributed by atoms with Crippen molar-refractivity contribution in [1.29, 1.82) is 10.5 Å². The van der Waals surface area contributed by atoms with Crippen LogP contribution in [0.5, 0.6) is 17.2 Å². The third kappa shape index (κ3) is 2.88. The van der Waals surface area contributed by atoms with E-state index < -0.39 is 0 Å². The second-order valence-corrected chi connectivity index (χ2v) is 3.91. The predicted octanol–water partition coefficient (Wildman–Crippen LogP) is 3.62. The molecule has 0 saturated heterocycles. The standard InChI is InChI=1S/C16H12N2O2/c1-2-19-14-6-8-15(9-7-14)20-16-12(10-17)4-3-5-13(16)11-18/h3-9H,2H2,1H3. The van der Waals surface area contributed by atoms with Crippen LogP contribution >= 0.6 is 0 Å². The van der Waals surface area contributed by atoms with E-state index in [9.17, 15) is 0 Å². The first kappa shape index (κ1) is 13.5. The fourth-order valence-corrected chi connectivity index (χ4v) is 1.71. The van der Waals surface area contributed by atoms with Crippen LogP contribution in [-0.2, 0) is 0 Å². The summed E-state index contributed by atoms with van der Waals surface area (Å²) in [5.41, 5.74) is 0.663. The molecule has 0 N–H and O–H groups in total. The maximum atomic E-state index is 9.07. The molecule has 0 radical (unpaired) electrons. The monoisotopic (exact) mass is 264 g/mol. The molecule has 0 fully saturated rings. The average molecular weight is 264 g/mol. The molecule has 4 heteroatoms. The SMILES string of the molecule is CCOc1ccc(Oc2c(C#N)cccc2C#N)cc1. The highest BCUT2D eigenvalue weighted by Gasteiger charge is 2.10. The quantitative estimate of drug-likeness (QED) is 0.845. The lowest BCUT2D eigenvalue weighted by molar-refractivity contribution is 0.339. The van der Waals surface area contributed by atoms with E-state index in [1.165, 1.54) is 0 Å². The topological polar surface area (TPSA) is 66.0 Å². The Morgan fingerprint density at radius 3 is 1.95 bits per heavy atom. The lowest BCUT2D eigenvalue weighted by Crippen LogP contribution is -1.93. The van der Waals surface area contributed by atoms with E-state index >= 15 is 0 Å². The third-order valence-corrected chi connectivity index (χ3v) is 2.61. The predicted molar refractivity (Wildman–Crippen MR) is 73.6 cm³/mol. The molecule has 0 saturated carbocycles. The molecule has 0 amide bonds. The summed E-state index contributed by atoms with van der Waals surface area (Å²) in [5.74, 6) is 1.57. The van der Waals surface area contributed by atoms with Gasteiger partial charge in [0.2, 0.25) is 0 Å². The Balaban J connectivity index is 2.30. The van der Waals surface area contributed by atoms with Gasteiger partial charge in [-0.15, -0.1) is 0 Å². The smallest absolute Gasteiger partial charge is 0.162 e. The largest absolute Gasteiger partial charge is 0.494 e. The Morgan fingerprint density at radius 2 is 1.45 bits per heavy atom. The van der Waals surface area contributed by atoms with Crippen molar-refractivity contribution in [2.24, 2.45) is 0 Å². The van der Waals surface area contributed by atoms with Crippen molar-refractivity contribution < 1.29 is 9.47 Å². The third-order valence-electron chi connectivity index (χ3n) is 2.61. The average Bonchev–Trinajstić information content (AvgIpc) is 2.49. The Morgan fingerprint density at radius 1 is 0.900 bits per heavy atom. The molecular formula is C16H12N2O2. The van der Waals surface area contributed by atoms with Gasteiger partial charge in [0, 0.05) is 0 Å². The van der Waals surface area contributed by atoms with Gasteiger partial charge in [-0.2, -0.15) is 10.5 Å². The first-order chi connectivity index (χ1) is 9.78. The highest BCUT2D eigenvalue weighted by molar-refractivity contribution is 5.55. The van der Waals surface area contributed by atoms with E-state index in [-0.39, 0.29) is 5.75 Å². The Labute approximate surface area is 117 Å². The maximum absolute atomic E-state index is 9.07. The van der Waals surface area contributed by atoms with E-state index in [2.05, 4.69) is 0 Å². The summed E-state index contributed by atoms with van der Waals surface area (Å²) < 4.78 is 11.0. The van der Waals surface area contributed by atoms with Crippen molar-refractivity contribution in [3.8, 4) is 29.4 Å². The van der Waals surface area contributed by atoms with Crippen LogP contribution in [0.2, 0.25) is 0 Å². The highest BCUT2D eigenvalue weighted by atomic mass is 16.5. The molecule has 20 heavy (non-hydrogen) atoms. The van der Waals surface area contributed by atoms with E-state index in [0.29, 0.717) is 23.5 Å². The van der Waals surface area contributed by atoms with Crippen LogP contribution in [0, 0.1) is 22.7 Å². The second kappa shape index (κ2) is 6.26.